The lowest BCUT2D eigenvalue weighted by molar-refractivity contribution is 0.0731. The van der Waals surface area contributed by atoms with Gasteiger partial charge in [0, 0.05) is 29.7 Å². The summed E-state index contributed by atoms with van der Waals surface area (Å²) in [6, 6.07) is 7.00. The Morgan fingerprint density at radius 2 is 2.47 bits per heavy atom. The predicted octanol–water partition coefficient (Wildman–Crippen LogP) is 1.74. The Balaban J connectivity index is 1.65. The molecule has 0 spiro atoms. The van der Waals surface area contributed by atoms with E-state index in [1.54, 1.807) is 0 Å². The highest BCUT2D eigenvalue weighted by atomic mass is 16.5. The highest BCUT2D eigenvalue weighted by Crippen LogP contribution is 2.22. The second-order valence-electron chi connectivity index (χ2n) is 5.14. The van der Waals surface area contributed by atoms with E-state index in [9.17, 15) is 0 Å². The lowest BCUT2D eigenvalue weighted by Gasteiger charge is -2.27. The fourth-order valence-corrected chi connectivity index (χ4v) is 2.62. The first kappa shape index (κ1) is 12.4. The zero-order chi connectivity index (χ0) is 13.1. The van der Waals surface area contributed by atoms with Gasteiger partial charge in [-0.15, -0.1) is 0 Å². The van der Waals surface area contributed by atoms with Crippen molar-refractivity contribution in [3.05, 3.63) is 24.4 Å². The van der Waals surface area contributed by atoms with E-state index in [1.807, 2.05) is 18.3 Å². The van der Waals surface area contributed by atoms with E-state index in [0.717, 1.165) is 42.8 Å². The molecule has 5 heteroatoms. The largest absolute Gasteiger partial charge is 0.382 e. The first-order valence-corrected chi connectivity index (χ1v) is 6.82. The van der Waals surface area contributed by atoms with Gasteiger partial charge in [0.15, 0.2) is 0 Å². The summed E-state index contributed by atoms with van der Waals surface area (Å²) >= 11 is 0. The van der Waals surface area contributed by atoms with Gasteiger partial charge in [0.1, 0.15) is 0 Å². The minimum absolute atomic E-state index is 0.389. The molecule has 2 heterocycles. The van der Waals surface area contributed by atoms with Crippen LogP contribution in [0.3, 0.4) is 0 Å². The molecule has 1 saturated heterocycles. The van der Waals surface area contributed by atoms with Gasteiger partial charge in [-0.3, -0.25) is 5.10 Å². The number of nitrogens with one attached hydrogen (secondary N) is 3. The van der Waals surface area contributed by atoms with Crippen LogP contribution >= 0.6 is 0 Å². The molecule has 2 atom stereocenters. The summed E-state index contributed by atoms with van der Waals surface area (Å²) in [5.41, 5.74) is 2.20. The molecule has 0 amide bonds. The van der Waals surface area contributed by atoms with Gasteiger partial charge in [0.2, 0.25) is 0 Å². The highest BCUT2D eigenvalue weighted by molar-refractivity contribution is 5.90. The van der Waals surface area contributed by atoms with E-state index in [1.165, 1.54) is 0 Å². The first-order valence-electron chi connectivity index (χ1n) is 6.82. The van der Waals surface area contributed by atoms with Gasteiger partial charge < -0.3 is 15.4 Å². The van der Waals surface area contributed by atoms with E-state index >= 15 is 0 Å². The number of fused-ring (bicyclic) bond motifs is 1. The molecule has 0 saturated carbocycles. The van der Waals surface area contributed by atoms with Gasteiger partial charge in [-0.2, -0.15) is 5.10 Å². The number of ether oxygens (including phenoxy) is 1. The first-order chi connectivity index (χ1) is 9.33. The normalized spacial score (nSPS) is 21.4. The number of hydrogen-bond acceptors (Lipinski definition) is 4. The van der Waals surface area contributed by atoms with Gasteiger partial charge in [0.25, 0.3) is 0 Å². The van der Waals surface area contributed by atoms with Gasteiger partial charge in [-0.05, 0) is 25.5 Å². The van der Waals surface area contributed by atoms with Gasteiger partial charge in [-0.1, -0.05) is 6.07 Å². The third-order valence-electron chi connectivity index (χ3n) is 3.52. The van der Waals surface area contributed by atoms with Crippen LogP contribution in [0.2, 0.25) is 0 Å². The molecule has 19 heavy (non-hydrogen) atoms. The van der Waals surface area contributed by atoms with Crippen molar-refractivity contribution in [2.75, 3.05) is 25.1 Å². The maximum absolute atomic E-state index is 5.49. The number of nitrogens with zero attached hydrogens (tertiary/aromatic N) is 1. The van der Waals surface area contributed by atoms with Crippen LogP contribution in [-0.2, 0) is 4.74 Å². The molecule has 102 valence electrons. The maximum atomic E-state index is 5.49. The summed E-state index contributed by atoms with van der Waals surface area (Å²) in [5, 5.41) is 15.3. The van der Waals surface area contributed by atoms with Crippen molar-refractivity contribution in [1.29, 1.82) is 0 Å². The molecule has 0 radical (unpaired) electrons. The molecule has 3 rings (SSSR count). The van der Waals surface area contributed by atoms with Crippen LogP contribution in [-0.4, -0.2) is 42.0 Å². The van der Waals surface area contributed by atoms with Crippen molar-refractivity contribution in [1.82, 2.24) is 15.5 Å². The molecule has 0 bridgehead atoms. The van der Waals surface area contributed by atoms with E-state index < -0.39 is 0 Å². The van der Waals surface area contributed by atoms with Crippen LogP contribution in [0.25, 0.3) is 10.9 Å². The quantitative estimate of drug-likeness (QED) is 0.783. The zero-order valence-corrected chi connectivity index (χ0v) is 11.1. The summed E-state index contributed by atoms with van der Waals surface area (Å²) in [6.07, 6.45) is 2.92. The minimum atomic E-state index is 0.389. The number of H-pyrrole nitrogens is 1. The molecule has 5 nitrogen and oxygen atoms in total. The molecule has 1 aromatic heterocycles. The van der Waals surface area contributed by atoms with Gasteiger partial charge in [0.05, 0.1) is 24.9 Å². The van der Waals surface area contributed by atoms with Crippen LogP contribution < -0.4 is 10.6 Å². The molecule has 1 fully saturated rings. The number of morpholine rings is 1. The fourth-order valence-electron chi connectivity index (χ4n) is 2.62. The number of benzene rings is 1. The molecular weight excluding hydrogens is 240 g/mol. The summed E-state index contributed by atoms with van der Waals surface area (Å²) in [4.78, 5) is 0. The van der Waals surface area contributed by atoms with E-state index in [2.05, 4.69) is 33.8 Å². The van der Waals surface area contributed by atoms with Crippen LogP contribution in [0.5, 0.6) is 0 Å². The average molecular weight is 260 g/mol. The molecule has 0 aliphatic carbocycles. The fraction of sp³-hybridized carbons (Fsp3) is 0.500. The van der Waals surface area contributed by atoms with Crippen LogP contribution in [0.1, 0.15) is 13.3 Å². The number of rotatable bonds is 4. The predicted molar refractivity (Wildman–Crippen MR) is 76.4 cm³/mol. The number of hydrogen-bond donors (Lipinski definition) is 3. The molecule has 1 aliphatic heterocycles. The van der Waals surface area contributed by atoms with Crippen molar-refractivity contribution in [2.45, 2.75) is 25.4 Å². The van der Waals surface area contributed by atoms with E-state index in [0.29, 0.717) is 12.1 Å². The number of aromatic nitrogens is 2. The van der Waals surface area contributed by atoms with Gasteiger partial charge >= 0.3 is 0 Å². The number of anilines is 1. The Kier molecular flexibility index (Phi) is 3.66. The van der Waals surface area contributed by atoms with Gasteiger partial charge in [-0.25, -0.2) is 0 Å². The molecule has 1 aliphatic rings. The summed E-state index contributed by atoms with van der Waals surface area (Å²) in [5.74, 6) is 0. The third kappa shape index (κ3) is 2.88. The van der Waals surface area contributed by atoms with E-state index in [4.69, 9.17) is 4.74 Å². The third-order valence-corrected chi connectivity index (χ3v) is 3.52. The summed E-state index contributed by atoms with van der Waals surface area (Å²) in [6.45, 7) is 4.79. The Bertz CT molecular complexity index is 533. The van der Waals surface area contributed by atoms with Crippen LogP contribution in [0.15, 0.2) is 24.4 Å². The van der Waals surface area contributed by atoms with Crippen molar-refractivity contribution >= 4 is 16.6 Å². The Morgan fingerprint density at radius 1 is 1.53 bits per heavy atom. The Morgan fingerprint density at radius 3 is 3.32 bits per heavy atom. The Hall–Kier alpha value is -1.59. The smallest absolute Gasteiger partial charge is 0.0671 e. The standard InChI is InChI=1S/C14H20N4O/c1-10(7-11-9-19-6-5-15-11)17-13-3-2-4-14-12(13)8-16-18-14/h2-4,8,10-11,15,17H,5-7,9H2,1H3,(H,16,18). The lowest BCUT2D eigenvalue weighted by Crippen LogP contribution is -2.43. The summed E-state index contributed by atoms with van der Waals surface area (Å²) < 4.78 is 5.49. The molecule has 2 aromatic rings. The van der Waals surface area contributed by atoms with Crippen LogP contribution in [0, 0.1) is 0 Å². The molecule has 1 aromatic carbocycles. The lowest BCUT2D eigenvalue weighted by atomic mass is 10.1. The number of aromatic amines is 1. The van der Waals surface area contributed by atoms with E-state index in [-0.39, 0.29) is 0 Å². The van der Waals surface area contributed by atoms with Crippen LogP contribution in [0.4, 0.5) is 5.69 Å². The SMILES string of the molecule is CC(CC1COCCN1)Nc1cccc2[nH]ncc12. The Labute approximate surface area is 112 Å². The second kappa shape index (κ2) is 5.59. The van der Waals surface area contributed by atoms with Crippen molar-refractivity contribution in [3.63, 3.8) is 0 Å². The highest BCUT2D eigenvalue weighted by Gasteiger charge is 2.16. The molecule has 3 N–H and O–H groups in total. The van der Waals surface area contributed by atoms with Crippen molar-refractivity contribution in [2.24, 2.45) is 0 Å². The molecular formula is C14H20N4O. The topological polar surface area (TPSA) is 62.0 Å². The zero-order valence-electron chi connectivity index (χ0n) is 11.1. The maximum Gasteiger partial charge on any atom is 0.0671 e. The minimum Gasteiger partial charge on any atom is -0.382 e. The monoisotopic (exact) mass is 260 g/mol. The van der Waals surface area contributed by atoms with Crippen molar-refractivity contribution < 1.29 is 4.74 Å². The average Bonchev–Trinajstić information content (AvgIpc) is 2.89. The van der Waals surface area contributed by atoms with Crippen molar-refractivity contribution in [3.8, 4) is 0 Å². The summed E-state index contributed by atoms with van der Waals surface area (Å²) in [7, 11) is 0. The second-order valence-corrected chi connectivity index (χ2v) is 5.14. The molecule has 2 unspecified atom stereocenters.